The second kappa shape index (κ2) is 9.34. The summed E-state index contributed by atoms with van der Waals surface area (Å²) in [6.07, 6.45) is 2.71. The second-order valence-corrected chi connectivity index (χ2v) is 7.77. The molecule has 1 unspecified atom stereocenters. The zero-order chi connectivity index (χ0) is 22.7. The van der Waals surface area contributed by atoms with Gasteiger partial charge in [0.15, 0.2) is 11.5 Å². The number of aliphatic hydroxyl groups excluding tert-OH is 1. The number of amides is 1. The van der Waals surface area contributed by atoms with E-state index in [2.05, 4.69) is 6.92 Å². The number of Topliss-reactive ketones (excluding diaryl/α,β-unsaturated/α-hetero) is 1. The van der Waals surface area contributed by atoms with E-state index < -0.39 is 17.7 Å². The lowest BCUT2D eigenvalue weighted by Crippen LogP contribution is -2.30. The molecular weight excluding hydrogens is 410 g/mol. The number of hydrogen-bond donors (Lipinski definition) is 1. The molecule has 0 radical (unpaired) electrons. The van der Waals surface area contributed by atoms with Crippen LogP contribution >= 0.6 is 0 Å². The van der Waals surface area contributed by atoms with E-state index in [9.17, 15) is 14.7 Å². The number of rotatable bonds is 8. The molecular formula is C25H27NO6. The molecule has 1 amide bonds. The van der Waals surface area contributed by atoms with E-state index in [1.54, 1.807) is 23.1 Å². The molecule has 2 heterocycles. The van der Waals surface area contributed by atoms with Crippen LogP contribution in [0.5, 0.6) is 17.2 Å². The van der Waals surface area contributed by atoms with Crippen LogP contribution in [0.4, 0.5) is 0 Å². The van der Waals surface area contributed by atoms with Crippen molar-refractivity contribution in [3.63, 3.8) is 0 Å². The van der Waals surface area contributed by atoms with Crippen molar-refractivity contribution in [1.82, 2.24) is 4.90 Å². The fraction of sp³-hybridized carbons (Fsp3) is 0.360. The van der Waals surface area contributed by atoms with Gasteiger partial charge < -0.3 is 24.2 Å². The minimum absolute atomic E-state index is 0.0685. The summed E-state index contributed by atoms with van der Waals surface area (Å²) in [7, 11) is 0. The number of unbranched alkanes of at least 4 members (excludes halogenated alkanes) is 2. The number of ketones is 1. The normalized spacial score (nSPS) is 18.9. The maximum Gasteiger partial charge on any atom is 0.295 e. The number of carbonyl (C=O) groups excluding carboxylic acids is 2. The molecule has 0 saturated carbocycles. The number of nitrogens with zero attached hydrogens (tertiary/aromatic N) is 1. The predicted molar refractivity (Wildman–Crippen MR) is 119 cm³/mol. The van der Waals surface area contributed by atoms with Crippen molar-refractivity contribution < 1.29 is 28.9 Å². The third-order valence-electron chi connectivity index (χ3n) is 5.67. The molecule has 1 saturated heterocycles. The molecule has 168 valence electrons. The second-order valence-electron chi connectivity index (χ2n) is 7.77. The average Bonchev–Trinajstić information content (AvgIpc) is 3.37. The smallest absolute Gasteiger partial charge is 0.295 e. The van der Waals surface area contributed by atoms with Crippen molar-refractivity contribution in [3.05, 3.63) is 59.2 Å². The van der Waals surface area contributed by atoms with Gasteiger partial charge in [-0.1, -0.05) is 31.9 Å². The summed E-state index contributed by atoms with van der Waals surface area (Å²) >= 11 is 0. The van der Waals surface area contributed by atoms with Crippen molar-refractivity contribution in [3.8, 4) is 17.2 Å². The minimum atomic E-state index is -0.697. The number of likely N-dealkylation sites (tertiary alicyclic amines) is 1. The van der Waals surface area contributed by atoms with Crippen molar-refractivity contribution in [2.45, 2.75) is 39.2 Å². The summed E-state index contributed by atoms with van der Waals surface area (Å²) in [6, 6.07) is 11.6. The van der Waals surface area contributed by atoms with Crippen LogP contribution in [-0.4, -0.2) is 41.6 Å². The van der Waals surface area contributed by atoms with Gasteiger partial charge in [-0.05, 0) is 49.2 Å². The lowest BCUT2D eigenvalue weighted by Gasteiger charge is -2.25. The molecule has 0 aliphatic carbocycles. The number of carbonyl (C=O) groups is 2. The minimum Gasteiger partial charge on any atom is -0.507 e. The Morgan fingerprint density at radius 1 is 1.09 bits per heavy atom. The summed E-state index contributed by atoms with van der Waals surface area (Å²) < 4.78 is 16.4. The molecule has 7 heteroatoms. The van der Waals surface area contributed by atoms with E-state index in [0.29, 0.717) is 41.5 Å². The van der Waals surface area contributed by atoms with Gasteiger partial charge in [0.25, 0.3) is 11.7 Å². The van der Waals surface area contributed by atoms with Crippen molar-refractivity contribution in [1.29, 1.82) is 0 Å². The van der Waals surface area contributed by atoms with E-state index in [1.165, 1.54) is 0 Å². The zero-order valence-corrected chi connectivity index (χ0v) is 18.3. The highest BCUT2D eigenvalue weighted by molar-refractivity contribution is 6.46. The Morgan fingerprint density at radius 2 is 1.91 bits per heavy atom. The summed E-state index contributed by atoms with van der Waals surface area (Å²) in [5, 5.41) is 11.2. The quantitative estimate of drug-likeness (QED) is 0.285. The first-order valence-corrected chi connectivity index (χ1v) is 11.0. The van der Waals surface area contributed by atoms with Crippen LogP contribution < -0.4 is 14.2 Å². The molecule has 0 bridgehead atoms. The molecule has 2 aromatic carbocycles. The number of ether oxygens (including phenoxy) is 3. The topological polar surface area (TPSA) is 85.3 Å². The van der Waals surface area contributed by atoms with E-state index >= 15 is 0 Å². The first kappa shape index (κ1) is 21.7. The van der Waals surface area contributed by atoms with Gasteiger partial charge in [-0.2, -0.15) is 0 Å². The number of fused-ring (bicyclic) bond motifs is 1. The van der Waals surface area contributed by atoms with Gasteiger partial charge in [0.2, 0.25) is 6.79 Å². The van der Waals surface area contributed by atoms with Crippen LogP contribution in [0.2, 0.25) is 0 Å². The first-order valence-electron chi connectivity index (χ1n) is 11.0. The van der Waals surface area contributed by atoms with Crippen molar-refractivity contribution >= 4 is 17.4 Å². The molecule has 1 atom stereocenters. The van der Waals surface area contributed by atoms with Crippen LogP contribution in [0.15, 0.2) is 48.0 Å². The first-order chi connectivity index (χ1) is 15.5. The standard InChI is InChI=1S/C25H27NO6/c1-3-5-6-12-26-22(16-8-7-9-18(13-16)30-4-2)21(24(28)25(26)29)23(27)17-10-11-19-20(14-17)32-15-31-19/h7-11,13-14,22,27H,3-6,12,15H2,1-2H3/b23-21-. The summed E-state index contributed by atoms with van der Waals surface area (Å²) in [5.74, 6) is 0.181. The molecule has 1 fully saturated rings. The summed E-state index contributed by atoms with van der Waals surface area (Å²) in [4.78, 5) is 27.6. The maximum absolute atomic E-state index is 13.1. The van der Waals surface area contributed by atoms with Gasteiger partial charge in [-0.25, -0.2) is 0 Å². The Balaban J connectivity index is 1.81. The van der Waals surface area contributed by atoms with E-state index in [0.717, 1.165) is 19.3 Å². The molecule has 4 rings (SSSR count). The van der Waals surface area contributed by atoms with Crippen LogP contribution in [0.1, 0.15) is 50.3 Å². The molecule has 1 N–H and O–H groups in total. The largest absolute Gasteiger partial charge is 0.507 e. The lowest BCUT2D eigenvalue weighted by atomic mass is 9.95. The van der Waals surface area contributed by atoms with Crippen molar-refractivity contribution in [2.75, 3.05) is 19.9 Å². The predicted octanol–water partition coefficient (Wildman–Crippen LogP) is 4.43. The van der Waals surface area contributed by atoms with Crippen molar-refractivity contribution in [2.24, 2.45) is 0 Å². The molecule has 2 aromatic rings. The van der Waals surface area contributed by atoms with Gasteiger partial charge in [-0.3, -0.25) is 9.59 Å². The fourth-order valence-electron chi connectivity index (χ4n) is 4.13. The van der Waals surface area contributed by atoms with Gasteiger partial charge in [0.05, 0.1) is 18.2 Å². The zero-order valence-electron chi connectivity index (χ0n) is 18.3. The van der Waals surface area contributed by atoms with E-state index in [-0.39, 0.29) is 18.1 Å². The Kier molecular flexibility index (Phi) is 6.35. The molecule has 2 aliphatic heterocycles. The van der Waals surface area contributed by atoms with Gasteiger partial charge in [0, 0.05) is 12.1 Å². The highest BCUT2D eigenvalue weighted by Crippen LogP contribution is 2.42. The Hall–Kier alpha value is -3.48. The third-order valence-corrected chi connectivity index (χ3v) is 5.67. The highest BCUT2D eigenvalue weighted by Gasteiger charge is 2.46. The fourth-order valence-corrected chi connectivity index (χ4v) is 4.13. The maximum atomic E-state index is 13.1. The Bertz CT molecular complexity index is 1060. The molecule has 2 aliphatic rings. The van der Waals surface area contributed by atoms with Gasteiger partial charge >= 0.3 is 0 Å². The number of aliphatic hydroxyl groups is 1. The monoisotopic (exact) mass is 437 g/mol. The van der Waals surface area contributed by atoms with E-state index in [1.807, 2.05) is 31.2 Å². The Morgan fingerprint density at radius 3 is 2.69 bits per heavy atom. The molecule has 0 spiro atoms. The van der Waals surface area contributed by atoms with Crippen LogP contribution in [0.3, 0.4) is 0 Å². The highest BCUT2D eigenvalue weighted by atomic mass is 16.7. The third kappa shape index (κ3) is 4.02. The van der Waals surface area contributed by atoms with E-state index in [4.69, 9.17) is 14.2 Å². The van der Waals surface area contributed by atoms with Crippen LogP contribution in [-0.2, 0) is 9.59 Å². The average molecular weight is 437 g/mol. The molecule has 32 heavy (non-hydrogen) atoms. The number of benzene rings is 2. The molecule has 0 aromatic heterocycles. The summed E-state index contributed by atoms with van der Waals surface area (Å²) in [6.45, 7) is 5.00. The SMILES string of the molecule is CCCCCN1C(=O)C(=O)/C(=C(\O)c2ccc3c(c2)OCO3)C1c1cccc(OCC)c1. The summed E-state index contributed by atoms with van der Waals surface area (Å²) in [5.41, 5.74) is 1.18. The van der Waals surface area contributed by atoms with Gasteiger partial charge in [0.1, 0.15) is 11.5 Å². The van der Waals surface area contributed by atoms with Crippen LogP contribution in [0.25, 0.3) is 5.76 Å². The number of hydrogen-bond acceptors (Lipinski definition) is 6. The van der Waals surface area contributed by atoms with Crippen LogP contribution in [0, 0.1) is 0 Å². The Labute approximate surface area is 187 Å². The molecule has 7 nitrogen and oxygen atoms in total. The van der Waals surface area contributed by atoms with Gasteiger partial charge in [-0.15, -0.1) is 0 Å². The lowest BCUT2D eigenvalue weighted by molar-refractivity contribution is -0.139.